The lowest BCUT2D eigenvalue weighted by Crippen LogP contribution is -2.56. The Hall–Kier alpha value is -1.13. The third-order valence-corrected chi connectivity index (χ3v) is 4.78. The molecule has 1 aromatic heterocycles. The van der Waals surface area contributed by atoms with E-state index in [1.165, 1.54) is 4.70 Å². The van der Waals surface area contributed by atoms with E-state index in [0.717, 1.165) is 17.1 Å². The van der Waals surface area contributed by atoms with Crippen molar-refractivity contribution in [2.75, 3.05) is 5.32 Å². The van der Waals surface area contributed by atoms with Crippen LogP contribution in [0.3, 0.4) is 0 Å². The Morgan fingerprint density at radius 1 is 1.41 bits per heavy atom. The molecular formula is C13H16N2OS. The topological polar surface area (TPSA) is 45.1 Å². The predicted octanol–water partition coefficient (Wildman–Crippen LogP) is 2.87. The van der Waals surface area contributed by atoms with Gasteiger partial charge in [-0.2, -0.15) is 0 Å². The van der Waals surface area contributed by atoms with Crippen LogP contribution >= 0.6 is 11.3 Å². The van der Waals surface area contributed by atoms with E-state index in [4.69, 9.17) is 0 Å². The van der Waals surface area contributed by atoms with E-state index < -0.39 is 0 Å². The molecule has 1 fully saturated rings. The maximum atomic E-state index is 9.71. The highest BCUT2D eigenvalue weighted by Gasteiger charge is 2.47. The van der Waals surface area contributed by atoms with Gasteiger partial charge in [0.1, 0.15) is 0 Å². The van der Waals surface area contributed by atoms with Gasteiger partial charge in [-0.3, -0.25) is 0 Å². The lowest BCUT2D eigenvalue weighted by atomic mass is 9.65. The minimum absolute atomic E-state index is 0.0577. The van der Waals surface area contributed by atoms with Gasteiger partial charge < -0.3 is 10.4 Å². The number of thiazole rings is 1. The summed E-state index contributed by atoms with van der Waals surface area (Å²) < 4.78 is 1.20. The maximum Gasteiger partial charge on any atom is 0.184 e. The SMILES string of the molecule is CC1(C)C(O)CC1Nc1nc2ccccc2s1. The van der Waals surface area contributed by atoms with E-state index >= 15 is 0 Å². The van der Waals surface area contributed by atoms with Gasteiger partial charge >= 0.3 is 0 Å². The predicted molar refractivity (Wildman–Crippen MR) is 71.4 cm³/mol. The summed E-state index contributed by atoms with van der Waals surface area (Å²) in [5.74, 6) is 0. The number of benzene rings is 1. The molecule has 2 unspecified atom stereocenters. The van der Waals surface area contributed by atoms with Crippen molar-refractivity contribution >= 4 is 26.7 Å². The molecule has 0 radical (unpaired) electrons. The van der Waals surface area contributed by atoms with Crippen molar-refractivity contribution < 1.29 is 5.11 Å². The standard InChI is InChI=1S/C13H16N2OS/c1-13(2)10(7-11(13)16)15-12-14-8-5-3-4-6-9(8)17-12/h3-6,10-11,16H,7H2,1-2H3,(H,14,15). The van der Waals surface area contributed by atoms with Crippen molar-refractivity contribution in [3.05, 3.63) is 24.3 Å². The Morgan fingerprint density at radius 2 is 2.18 bits per heavy atom. The van der Waals surface area contributed by atoms with Gasteiger partial charge in [0.15, 0.2) is 5.13 Å². The number of rotatable bonds is 2. The van der Waals surface area contributed by atoms with Gasteiger partial charge in [0, 0.05) is 11.5 Å². The van der Waals surface area contributed by atoms with E-state index in [9.17, 15) is 5.11 Å². The lowest BCUT2D eigenvalue weighted by Gasteiger charge is -2.49. The summed E-state index contributed by atoms with van der Waals surface area (Å²) in [6.07, 6.45) is 0.609. The highest BCUT2D eigenvalue weighted by atomic mass is 32.1. The second-order valence-corrected chi connectivity index (χ2v) is 6.29. The molecule has 2 N–H and O–H groups in total. The molecule has 1 aliphatic rings. The highest BCUT2D eigenvalue weighted by molar-refractivity contribution is 7.22. The summed E-state index contributed by atoms with van der Waals surface area (Å²) in [7, 11) is 0. The molecule has 1 heterocycles. The fraction of sp³-hybridized carbons (Fsp3) is 0.462. The Balaban J connectivity index is 1.82. The van der Waals surface area contributed by atoms with Crippen LogP contribution in [0.25, 0.3) is 10.2 Å². The number of aromatic nitrogens is 1. The number of nitrogens with one attached hydrogen (secondary N) is 1. The molecule has 2 aromatic rings. The molecule has 2 atom stereocenters. The molecule has 17 heavy (non-hydrogen) atoms. The van der Waals surface area contributed by atoms with Crippen molar-refractivity contribution in [2.45, 2.75) is 32.4 Å². The van der Waals surface area contributed by atoms with E-state index in [-0.39, 0.29) is 11.5 Å². The molecule has 1 saturated carbocycles. The molecule has 0 bridgehead atoms. The molecular weight excluding hydrogens is 232 g/mol. The monoisotopic (exact) mass is 248 g/mol. The van der Waals surface area contributed by atoms with E-state index in [2.05, 4.69) is 30.2 Å². The van der Waals surface area contributed by atoms with Gasteiger partial charge in [-0.1, -0.05) is 37.3 Å². The molecule has 4 heteroatoms. The Kier molecular flexibility index (Phi) is 2.38. The molecule has 90 valence electrons. The Labute approximate surface area is 105 Å². The summed E-state index contributed by atoms with van der Waals surface area (Å²) in [6.45, 7) is 4.18. The summed E-state index contributed by atoms with van der Waals surface area (Å²) in [5, 5.41) is 14.1. The van der Waals surface area contributed by atoms with E-state index in [1.807, 2.05) is 18.2 Å². The second-order valence-electron chi connectivity index (χ2n) is 5.26. The van der Waals surface area contributed by atoms with Crippen LogP contribution in [0.4, 0.5) is 5.13 Å². The molecule has 0 spiro atoms. The van der Waals surface area contributed by atoms with Gasteiger partial charge in [0.05, 0.1) is 16.3 Å². The van der Waals surface area contributed by atoms with Crippen LogP contribution in [0, 0.1) is 5.41 Å². The summed E-state index contributed by atoms with van der Waals surface area (Å²) in [5.41, 5.74) is 0.982. The van der Waals surface area contributed by atoms with Crippen LogP contribution in [-0.2, 0) is 0 Å². The summed E-state index contributed by atoms with van der Waals surface area (Å²) in [4.78, 5) is 4.55. The first-order valence-electron chi connectivity index (χ1n) is 5.87. The average Bonchev–Trinajstić information content (AvgIpc) is 2.71. The number of anilines is 1. The van der Waals surface area contributed by atoms with Crippen LogP contribution < -0.4 is 5.32 Å². The van der Waals surface area contributed by atoms with Gasteiger partial charge in [-0.15, -0.1) is 0 Å². The fourth-order valence-electron chi connectivity index (χ4n) is 2.23. The van der Waals surface area contributed by atoms with Crippen molar-refractivity contribution in [1.29, 1.82) is 0 Å². The largest absolute Gasteiger partial charge is 0.392 e. The fourth-order valence-corrected chi connectivity index (χ4v) is 3.15. The number of nitrogens with zero attached hydrogens (tertiary/aromatic N) is 1. The number of fused-ring (bicyclic) bond motifs is 1. The molecule has 0 amide bonds. The minimum atomic E-state index is -0.200. The third-order valence-electron chi connectivity index (χ3n) is 3.81. The van der Waals surface area contributed by atoms with Crippen molar-refractivity contribution in [3.63, 3.8) is 0 Å². The zero-order valence-electron chi connectivity index (χ0n) is 9.97. The van der Waals surface area contributed by atoms with E-state index in [1.54, 1.807) is 11.3 Å². The molecule has 3 rings (SSSR count). The molecule has 1 aliphatic carbocycles. The molecule has 0 aliphatic heterocycles. The number of para-hydroxylation sites is 1. The Bertz CT molecular complexity index is 516. The smallest absolute Gasteiger partial charge is 0.184 e. The average molecular weight is 248 g/mol. The zero-order valence-corrected chi connectivity index (χ0v) is 10.8. The van der Waals surface area contributed by atoms with Crippen molar-refractivity contribution in [2.24, 2.45) is 5.41 Å². The first-order chi connectivity index (χ1) is 8.07. The highest BCUT2D eigenvalue weighted by Crippen LogP contribution is 2.42. The minimum Gasteiger partial charge on any atom is -0.392 e. The van der Waals surface area contributed by atoms with Gasteiger partial charge in [0.25, 0.3) is 0 Å². The van der Waals surface area contributed by atoms with E-state index in [0.29, 0.717) is 6.04 Å². The van der Waals surface area contributed by atoms with Crippen molar-refractivity contribution in [1.82, 2.24) is 4.98 Å². The first kappa shape index (κ1) is 11.0. The van der Waals surface area contributed by atoms with Gasteiger partial charge in [0.2, 0.25) is 0 Å². The van der Waals surface area contributed by atoms with Crippen LogP contribution in [0.5, 0.6) is 0 Å². The number of hydrogen-bond donors (Lipinski definition) is 2. The van der Waals surface area contributed by atoms with Crippen LogP contribution in [0.1, 0.15) is 20.3 Å². The zero-order chi connectivity index (χ0) is 12.0. The quantitative estimate of drug-likeness (QED) is 0.859. The van der Waals surface area contributed by atoms with Gasteiger partial charge in [-0.05, 0) is 18.6 Å². The summed E-state index contributed by atoms with van der Waals surface area (Å²) in [6, 6.07) is 8.46. The van der Waals surface area contributed by atoms with Gasteiger partial charge in [-0.25, -0.2) is 4.98 Å². The normalized spacial score (nSPS) is 26.8. The lowest BCUT2D eigenvalue weighted by molar-refractivity contribution is -0.0510. The van der Waals surface area contributed by atoms with Crippen LogP contribution in [0.2, 0.25) is 0 Å². The maximum absolute atomic E-state index is 9.71. The Morgan fingerprint density at radius 3 is 2.82 bits per heavy atom. The molecule has 1 aromatic carbocycles. The number of aliphatic hydroxyl groups excluding tert-OH is 1. The van der Waals surface area contributed by atoms with Crippen LogP contribution in [-0.4, -0.2) is 22.2 Å². The molecule has 3 nitrogen and oxygen atoms in total. The summed E-state index contributed by atoms with van der Waals surface area (Å²) >= 11 is 1.67. The van der Waals surface area contributed by atoms with Crippen LogP contribution in [0.15, 0.2) is 24.3 Å². The number of hydrogen-bond acceptors (Lipinski definition) is 4. The van der Waals surface area contributed by atoms with Crippen molar-refractivity contribution in [3.8, 4) is 0 Å². The third kappa shape index (κ3) is 1.72. The first-order valence-corrected chi connectivity index (χ1v) is 6.69. The molecule has 0 saturated heterocycles. The number of aliphatic hydroxyl groups is 1. The second kappa shape index (κ2) is 3.68.